The van der Waals surface area contributed by atoms with Crippen molar-refractivity contribution in [2.45, 2.75) is 38.8 Å². The van der Waals surface area contributed by atoms with Crippen LogP contribution in [-0.4, -0.2) is 36.5 Å². The van der Waals surface area contributed by atoms with Gasteiger partial charge in [0.15, 0.2) is 0 Å². The van der Waals surface area contributed by atoms with Crippen molar-refractivity contribution in [3.63, 3.8) is 0 Å². The van der Waals surface area contributed by atoms with Gasteiger partial charge in [0.1, 0.15) is 5.01 Å². The number of aliphatic hydroxyl groups is 1. The van der Waals surface area contributed by atoms with Crippen LogP contribution in [0.5, 0.6) is 0 Å². The summed E-state index contributed by atoms with van der Waals surface area (Å²) in [4.78, 5) is 4.58. The van der Waals surface area contributed by atoms with E-state index in [1.807, 2.05) is 0 Å². The van der Waals surface area contributed by atoms with E-state index >= 15 is 0 Å². The average Bonchev–Trinajstić information content (AvgIpc) is 2.72. The molecule has 1 rings (SSSR count). The molecule has 0 saturated heterocycles. The van der Waals surface area contributed by atoms with Crippen LogP contribution in [0.3, 0.4) is 0 Å². The highest BCUT2D eigenvalue weighted by Crippen LogP contribution is 2.23. The van der Waals surface area contributed by atoms with Crippen molar-refractivity contribution >= 4 is 11.3 Å². The van der Waals surface area contributed by atoms with Gasteiger partial charge in [-0.2, -0.15) is 0 Å². The Labute approximate surface area is 107 Å². The molecular weight excluding hydrogens is 236 g/mol. The Morgan fingerprint density at radius 1 is 1.53 bits per heavy atom. The molecule has 1 atom stereocenters. The third-order valence-electron chi connectivity index (χ3n) is 2.45. The van der Waals surface area contributed by atoms with Crippen molar-refractivity contribution in [2.24, 2.45) is 0 Å². The van der Waals surface area contributed by atoms with Crippen molar-refractivity contribution < 1.29 is 9.84 Å². The zero-order valence-electron chi connectivity index (χ0n) is 11.0. The van der Waals surface area contributed by atoms with Crippen molar-refractivity contribution in [2.75, 3.05) is 20.3 Å². The zero-order chi connectivity index (χ0) is 12.9. The van der Waals surface area contributed by atoms with Gasteiger partial charge >= 0.3 is 0 Å². The van der Waals surface area contributed by atoms with Crippen LogP contribution in [0.1, 0.15) is 31.5 Å². The lowest BCUT2D eigenvalue weighted by atomic mass is 9.93. The number of methoxy groups -OCH3 is 1. The summed E-state index contributed by atoms with van der Waals surface area (Å²) in [5.41, 5.74) is 1.21. The highest BCUT2D eigenvalue weighted by Gasteiger charge is 2.17. The Morgan fingerprint density at radius 2 is 2.24 bits per heavy atom. The van der Waals surface area contributed by atoms with E-state index in [0.717, 1.165) is 10.7 Å². The number of thiazole rings is 1. The molecule has 0 spiro atoms. The Hall–Kier alpha value is -0.490. The molecule has 0 fully saturated rings. The lowest BCUT2D eigenvalue weighted by Crippen LogP contribution is -2.35. The Balaban J connectivity index is 2.49. The minimum absolute atomic E-state index is 0.0259. The predicted octanol–water partition coefficient (Wildman–Crippen LogP) is 1.54. The molecule has 1 aromatic rings. The smallest absolute Gasteiger partial charge is 0.107 e. The minimum Gasteiger partial charge on any atom is -0.395 e. The molecule has 0 amide bonds. The Kier molecular flexibility index (Phi) is 5.52. The lowest BCUT2D eigenvalue weighted by Gasteiger charge is -2.15. The van der Waals surface area contributed by atoms with E-state index in [9.17, 15) is 0 Å². The lowest BCUT2D eigenvalue weighted by molar-refractivity contribution is 0.128. The number of nitrogens with one attached hydrogen (secondary N) is 1. The number of rotatable bonds is 6. The van der Waals surface area contributed by atoms with Gasteiger partial charge in [0.2, 0.25) is 0 Å². The fraction of sp³-hybridized carbons (Fsp3) is 0.750. The molecule has 0 aliphatic heterocycles. The second-order valence-electron chi connectivity index (χ2n) is 5.09. The summed E-state index contributed by atoms with van der Waals surface area (Å²) in [6.45, 7) is 7.72. The number of ether oxygens (including phenoxy) is 1. The molecule has 17 heavy (non-hydrogen) atoms. The summed E-state index contributed by atoms with van der Waals surface area (Å²) in [5, 5.41) is 15.5. The molecule has 0 aliphatic carbocycles. The van der Waals surface area contributed by atoms with Crippen LogP contribution in [0.4, 0.5) is 0 Å². The molecule has 0 bridgehead atoms. The average molecular weight is 258 g/mol. The van der Waals surface area contributed by atoms with Gasteiger partial charge in [-0.05, 0) is 0 Å². The standard InChI is InChI=1S/C12H22N2O2S/c1-12(2,3)10-8-17-11(14-10)5-13-9(6-15)7-16-4/h8-9,13,15H,5-7H2,1-4H3. The zero-order valence-corrected chi connectivity index (χ0v) is 11.8. The molecule has 1 heterocycles. The van der Waals surface area contributed by atoms with Crippen LogP contribution >= 0.6 is 11.3 Å². The van der Waals surface area contributed by atoms with Gasteiger partial charge in [0.05, 0.1) is 24.9 Å². The van der Waals surface area contributed by atoms with Gasteiger partial charge in [0.25, 0.3) is 0 Å². The molecule has 5 heteroatoms. The third-order valence-corrected chi connectivity index (χ3v) is 3.30. The van der Waals surface area contributed by atoms with Crippen molar-refractivity contribution in [3.8, 4) is 0 Å². The second-order valence-corrected chi connectivity index (χ2v) is 6.03. The van der Waals surface area contributed by atoms with E-state index in [-0.39, 0.29) is 18.1 Å². The molecule has 0 aromatic carbocycles. The van der Waals surface area contributed by atoms with E-state index in [2.05, 4.69) is 36.5 Å². The Morgan fingerprint density at radius 3 is 2.71 bits per heavy atom. The fourth-order valence-electron chi connectivity index (χ4n) is 1.35. The first kappa shape index (κ1) is 14.6. The van der Waals surface area contributed by atoms with Gasteiger partial charge in [0, 0.05) is 24.4 Å². The minimum atomic E-state index is -0.0259. The van der Waals surface area contributed by atoms with Crippen LogP contribution in [-0.2, 0) is 16.7 Å². The van der Waals surface area contributed by atoms with Crippen LogP contribution in [0.2, 0.25) is 0 Å². The molecule has 4 nitrogen and oxygen atoms in total. The van der Waals surface area contributed by atoms with Crippen molar-refractivity contribution in [1.29, 1.82) is 0 Å². The largest absolute Gasteiger partial charge is 0.395 e. The summed E-state index contributed by atoms with van der Waals surface area (Å²) < 4.78 is 5.00. The van der Waals surface area contributed by atoms with E-state index in [1.54, 1.807) is 18.4 Å². The second kappa shape index (κ2) is 6.44. The highest BCUT2D eigenvalue weighted by atomic mass is 32.1. The van der Waals surface area contributed by atoms with Crippen LogP contribution in [0.25, 0.3) is 0 Å². The summed E-state index contributed by atoms with van der Waals surface area (Å²) in [6.07, 6.45) is 0. The van der Waals surface area contributed by atoms with Crippen molar-refractivity contribution in [3.05, 3.63) is 16.1 Å². The maximum Gasteiger partial charge on any atom is 0.107 e. The number of hydrogen-bond donors (Lipinski definition) is 2. The summed E-state index contributed by atoms with van der Waals surface area (Å²) in [7, 11) is 1.63. The number of hydrogen-bond acceptors (Lipinski definition) is 5. The first-order valence-electron chi connectivity index (χ1n) is 5.75. The van der Waals surface area contributed by atoms with Gasteiger partial charge in [-0.15, -0.1) is 11.3 Å². The van der Waals surface area contributed by atoms with E-state index in [4.69, 9.17) is 9.84 Å². The third kappa shape index (κ3) is 4.71. The summed E-state index contributed by atoms with van der Waals surface area (Å²) in [5.74, 6) is 0. The number of aliphatic hydroxyl groups excluding tert-OH is 1. The molecular formula is C12H22N2O2S. The van der Waals surface area contributed by atoms with Crippen LogP contribution in [0, 0.1) is 0 Å². The van der Waals surface area contributed by atoms with Crippen LogP contribution in [0.15, 0.2) is 5.38 Å². The van der Waals surface area contributed by atoms with Gasteiger partial charge < -0.3 is 15.2 Å². The summed E-state index contributed by atoms with van der Waals surface area (Å²) >= 11 is 1.65. The Bertz CT molecular complexity index is 333. The monoisotopic (exact) mass is 258 g/mol. The van der Waals surface area contributed by atoms with Gasteiger partial charge in [-0.25, -0.2) is 4.98 Å². The quantitative estimate of drug-likeness (QED) is 0.812. The van der Waals surface area contributed by atoms with E-state index in [1.165, 1.54) is 0 Å². The maximum atomic E-state index is 9.11. The molecule has 1 aromatic heterocycles. The van der Waals surface area contributed by atoms with Crippen LogP contribution < -0.4 is 5.32 Å². The molecule has 0 aliphatic rings. The molecule has 0 radical (unpaired) electrons. The normalized spacial score (nSPS) is 13.9. The number of nitrogens with zero attached hydrogens (tertiary/aromatic N) is 1. The summed E-state index contributed by atoms with van der Waals surface area (Å²) in [6, 6.07) is -0.0259. The molecule has 98 valence electrons. The fourth-order valence-corrected chi connectivity index (χ4v) is 2.32. The predicted molar refractivity (Wildman–Crippen MR) is 70.4 cm³/mol. The highest BCUT2D eigenvalue weighted by molar-refractivity contribution is 7.09. The van der Waals surface area contributed by atoms with Crippen molar-refractivity contribution in [1.82, 2.24) is 10.3 Å². The SMILES string of the molecule is COCC(CO)NCc1nc(C(C)(C)C)cs1. The van der Waals surface area contributed by atoms with E-state index in [0.29, 0.717) is 13.2 Å². The first-order chi connectivity index (χ1) is 7.97. The first-order valence-corrected chi connectivity index (χ1v) is 6.63. The molecule has 0 saturated carbocycles. The maximum absolute atomic E-state index is 9.11. The molecule has 2 N–H and O–H groups in total. The van der Waals surface area contributed by atoms with Gasteiger partial charge in [-0.1, -0.05) is 20.8 Å². The topological polar surface area (TPSA) is 54.4 Å². The number of aromatic nitrogens is 1. The van der Waals surface area contributed by atoms with E-state index < -0.39 is 0 Å². The molecule has 1 unspecified atom stereocenters. The van der Waals surface area contributed by atoms with Gasteiger partial charge in [-0.3, -0.25) is 0 Å².